The topological polar surface area (TPSA) is 68.9 Å². The molecule has 0 amide bonds. The molecule has 0 aliphatic rings. The minimum absolute atomic E-state index is 0.207. The van der Waals surface area contributed by atoms with Gasteiger partial charge in [0.15, 0.2) is 0 Å². The van der Waals surface area contributed by atoms with Crippen LogP contribution in [0.1, 0.15) is 24.2 Å². The molecule has 0 spiro atoms. The van der Waals surface area contributed by atoms with Gasteiger partial charge < -0.3 is 4.57 Å². The van der Waals surface area contributed by atoms with Crippen LogP contribution in [-0.2, 0) is 17.1 Å². The van der Waals surface area contributed by atoms with Crippen molar-refractivity contribution < 1.29 is 8.42 Å². The van der Waals surface area contributed by atoms with E-state index in [2.05, 4.69) is 9.82 Å². The van der Waals surface area contributed by atoms with Crippen molar-refractivity contribution >= 4 is 10.0 Å². The van der Waals surface area contributed by atoms with Crippen LogP contribution in [0.2, 0.25) is 0 Å². The van der Waals surface area contributed by atoms with Crippen molar-refractivity contribution in [3.63, 3.8) is 0 Å². The van der Waals surface area contributed by atoms with E-state index in [1.165, 1.54) is 10.9 Å². The molecule has 3 aromatic rings. The average Bonchev–Trinajstić information content (AvgIpc) is 3.17. The highest BCUT2D eigenvalue weighted by Crippen LogP contribution is 2.21. The second-order valence-corrected chi connectivity index (χ2v) is 7.46. The Kier molecular flexibility index (Phi) is 4.29. The van der Waals surface area contributed by atoms with Gasteiger partial charge in [-0.3, -0.25) is 4.68 Å². The van der Waals surface area contributed by atoms with Crippen LogP contribution < -0.4 is 4.72 Å². The molecule has 0 saturated heterocycles. The lowest BCUT2D eigenvalue weighted by molar-refractivity contribution is 0.566. The third kappa shape index (κ3) is 3.27. The minimum atomic E-state index is -3.62. The Hall–Kier alpha value is -2.38. The van der Waals surface area contributed by atoms with Crippen molar-refractivity contribution in [1.29, 1.82) is 0 Å². The fraction of sp³-hybridized carbons (Fsp3) is 0.235. The molecule has 0 aliphatic carbocycles. The SMILES string of the molecule is Cc1nn(C)cc1S(=O)(=O)N[C@H](C)c1cccc(-n2cccc2)c1. The van der Waals surface area contributed by atoms with Gasteiger partial charge in [0.1, 0.15) is 4.90 Å². The summed E-state index contributed by atoms with van der Waals surface area (Å²) in [4.78, 5) is 0.207. The number of nitrogens with zero attached hydrogens (tertiary/aromatic N) is 3. The van der Waals surface area contributed by atoms with Gasteiger partial charge in [0.05, 0.1) is 5.69 Å². The average molecular weight is 344 g/mol. The molecule has 0 unspecified atom stereocenters. The first-order valence-electron chi connectivity index (χ1n) is 7.63. The Balaban J connectivity index is 1.86. The lowest BCUT2D eigenvalue weighted by atomic mass is 10.1. The van der Waals surface area contributed by atoms with Crippen molar-refractivity contribution in [2.24, 2.45) is 7.05 Å². The summed E-state index contributed by atoms with van der Waals surface area (Å²) in [5, 5.41) is 4.10. The summed E-state index contributed by atoms with van der Waals surface area (Å²) in [6, 6.07) is 11.3. The summed E-state index contributed by atoms with van der Waals surface area (Å²) in [6.07, 6.45) is 5.42. The minimum Gasteiger partial charge on any atom is -0.324 e. The molecule has 2 heterocycles. The Morgan fingerprint density at radius 1 is 1.17 bits per heavy atom. The van der Waals surface area contributed by atoms with Crippen LogP contribution in [-0.4, -0.2) is 22.8 Å². The molecule has 0 fully saturated rings. The fourth-order valence-corrected chi connectivity index (χ4v) is 4.12. The zero-order chi connectivity index (χ0) is 17.3. The maximum atomic E-state index is 12.6. The Bertz CT molecular complexity index is 943. The number of hydrogen-bond donors (Lipinski definition) is 1. The molecule has 2 aromatic heterocycles. The number of aromatic nitrogens is 3. The van der Waals surface area contributed by atoms with Gasteiger partial charge in [0, 0.05) is 37.4 Å². The first-order valence-corrected chi connectivity index (χ1v) is 9.11. The van der Waals surface area contributed by atoms with Crippen LogP contribution in [0, 0.1) is 6.92 Å². The molecule has 24 heavy (non-hydrogen) atoms. The lowest BCUT2D eigenvalue weighted by Crippen LogP contribution is -2.27. The van der Waals surface area contributed by atoms with Gasteiger partial charge in [0.25, 0.3) is 0 Å². The van der Waals surface area contributed by atoms with Crippen molar-refractivity contribution in [1.82, 2.24) is 19.1 Å². The van der Waals surface area contributed by atoms with E-state index in [1.807, 2.05) is 60.3 Å². The summed E-state index contributed by atoms with van der Waals surface area (Å²) >= 11 is 0. The van der Waals surface area contributed by atoms with E-state index in [4.69, 9.17) is 0 Å². The molecule has 0 bridgehead atoms. The maximum Gasteiger partial charge on any atom is 0.244 e. The number of rotatable bonds is 5. The van der Waals surface area contributed by atoms with E-state index in [1.54, 1.807) is 14.0 Å². The van der Waals surface area contributed by atoms with Gasteiger partial charge in [-0.1, -0.05) is 12.1 Å². The maximum absolute atomic E-state index is 12.6. The standard InChI is InChI=1S/C17H20N4O2S/c1-13(19-24(22,23)17-12-20(3)18-14(17)2)15-7-6-8-16(11-15)21-9-4-5-10-21/h4-13,19H,1-3H3/t13-/m1/s1. The van der Waals surface area contributed by atoms with Gasteiger partial charge in [-0.05, 0) is 43.7 Å². The predicted octanol–water partition coefficient (Wildman–Crippen LogP) is 2.56. The molecule has 1 atom stereocenters. The fourth-order valence-electron chi connectivity index (χ4n) is 2.67. The summed E-state index contributed by atoms with van der Waals surface area (Å²) < 4.78 is 31.4. The van der Waals surface area contributed by atoms with Crippen LogP contribution in [0.15, 0.2) is 59.9 Å². The first-order chi connectivity index (χ1) is 11.4. The van der Waals surface area contributed by atoms with Crippen molar-refractivity contribution in [3.05, 3.63) is 66.2 Å². The third-order valence-corrected chi connectivity index (χ3v) is 5.51. The van der Waals surface area contributed by atoms with Crippen molar-refractivity contribution in [3.8, 4) is 5.69 Å². The highest BCUT2D eigenvalue weighted by atomic mass is 32.2. The normalized spacial score (nSPS) is 13.1. The molecule has 0 radical (unpaired) electrons. The molecule has 6 nitrogen and oxygen atoms in total. The first kappa shape index (κ1) is 16.5. The van der Waals surface area contributed by atoms with E-state index in [-0.39, 0.29) is 10.9 Å². The Morgan fingerprint density at radius 2 is 1.88 bits per heavy atom. The second-order valence-electron chi connectivity index (χ2n) is 5.78. The molecule has 1 aromatic carbocycles. The van der Waals surface area contributed by atoms with Crippen LogP contribution in [0.5, 0.6) is 0 Å². The summed E-state index contributed by atoms with van der Waals surface area (Å²) in [6.45, 7) is 3.52. The van der Waals surface area contributed by atoms with Gasteiger partial charge in [0.2, 0.25) is 10.0 Å². The van der Waals surface area contributed by atoms with Crippen LogP contribution in [0.25, 0.3) is 5.69 Å². The zero-order valence-electron chi connectivity index (χ0n) is 13.8. The largest absolute Gasteiger partial charge is 0.324 e. The monoisotopic (exact) mass is 344 g/mol. The van der Waals surface area contributed by atoms with Crippen LogP contribution >= 0.6 is 0 Å². The summed E-state index contributed by atoms with van der Waals surface area (Å²) in [5.74, 6) is 0. The van der Waals surface area contributed by atoms with Gasteiger partial charge in [-0.2, -0.15) is 5.10 Å². The molecular weight excluding hydrogens is 324 g/mol. The molecule has 0 aliphatic heterocycles. The van der Waals surface area contributed by atoms with Crippen LogP contribution in [0.3, 0.4) is 0 Å². The second kappa shape index (κ2) is 6.26. The quantitative estimate of drug-likeness (QED) is 0.773. The Morgan fingerprint density at radius 3 is 2.50 bits per heavy atom. The summed E-state index contributed by atoms with van der Waals surface area (Å²) in [5.41, 5.74) is 2.37. The molecule has 126 valence electrons. The highest BCUT2D eigenvalue weighted by Gasteiger charge is 2.22. The van der Waals surface area contributed by atoms with Gasteiger partial charge >= 0.3 is 0 Å². The lowest BCUT2D eigenvalue weighted by Gasteiger charge is -2.15. The van der Waals surface area contributed by atoms with Gasteiger partial charge in [-0.15, -0.1) is 0 Å². The molecule has 1 N–H and O–H groups in total. The Labute approximate surface area is 141 Å². The predicted molar refractivity (Wildman–Crippen MR) is 92.5 cm³/mol. The van der Waals surface area contributed by atoms with E-state index in [0.29, 0.717) is 5.69 Å². The van der Waals surface area contributed by atoms with E-state index in [9.17, 15) is 8.42 Å². The number of sulfonamides is 1. The van der Waals surface area contributed by atoms with Crippen LogP contribution in [0.4, 0.5) is 0 Å². The zero-order valence-corrected chi connectivity index (χ0v) is 14.7. The van der Waals surface area contributed by atoms with E-state index < -0.39 is 10.0 Å². The molecule has 7 heteroatoms. The smallest absolute Gasteiger partial charge is 0.244 e. The van der Waals surface area contributed by atoms with Crippen molar-refractivity contribution in [2.75, 3.05) is 0 Å². The van der Waals surface area contributed by atoms with E-state index in [0.717, 1.165) is 11.3 Å². The molecular formula is C17H20N4O2S. The number of nitrogens with one attached hydrogen (secondary N) is 1. The highest BCUT2D eigenvalue weighted by molar-refractivity contribution is 7.89. The van der Waals surface area contributed by atoms with Gasteiger partial charge in [-0.25, -0.2) is 13.1 Å². The van der Waals surface area contributed by atoms with E-state index >= 15 is 0 Å². The molecule has 3 rings (SSSR count). The molecule has 0 saturated carbocycles. The number of benzene rings is 1. The number of hydrogen-bond acceptors (Lipinski definition) is 3. The third-order valence-electron chi connectivity index (χ3n) is 3.86. The number of aryl methyl sites for hydroxylation is 2. The summed E-state index contributed by atoms with van der Waals surface area (Å²) in [7, 11) is -1.92. The van der Waals surface area contributed by atoms with Crippen molar-refractivity contribution in [2.45, 2.75) is 24.8 Å².